The van der Waals surface area contributed by atoms with Crippen LogP contribution in [-0.4, -0.2) is 56.1 Å². The Hall–Kier alpha value is -2.04. The lowest BCUT2D eigenvalue weighted by molar-refractivity contribution is -0.139. The van der Waals surface area contributed by atoms with Gasteiger partial charge in [0.05, 0.1) is 6.20 Å². The third kappa shape index (κ3) is 10.8. The Labute approximate surface area is 154 Å². The van der Waals surface area contributed by atoms with E-state index in [0.717, 1.165) is 0 Å². The maximum absolute atomic E-state index is 11.7. The molecule has 1 aromatic heterocycles. The minimum Gasteiger partial charge on any atom is -0.480 e. The summed E-state index contributed by atoms with van der Waals surface area (Å²) in [5.74, 6) is -1.47. The molecule has 146 valence electrons. The van der Waals surface area contributed by atoms with E-state index in [1.807, 2.05) is 27.7 Å². The summed E-state index contributed by atoms with van der Waals surface area (Å²) in [4.78, 5) is 30.2. The van der Waals surface area contributed by atoms with Crippen molar-refractivity contribution in [2.45, 2.75) is 52.5 Å². The predicted octanol–water partition coefficient (Wildman–Crippen LogP) is 0.0775. The van der Waals surface area contributed by atoms with E-state index in [2.05, 4.69) is 15.3 Å². The fraction of sp³-hybridized carbons (Fsp3) is 0.625. The van der Waals surface area contributed by atoms with Crippen LogP contribution in [0.3, 0.4) is 0 Å². The Balaban J connectivity index is 0.000000590. The molecule has 0 aliphatic heterocycles. The molecule has 1 heterocycles. The molecule has 10 heteroatoms. The topological polar surface area (TPSA) is 159 Å². The van der Waals surface area contributed by atoms with Crippen molar-refractivity contribution in [3.8, 4) is 0 Å². The van der Waals surface area contributed by atoms with Gasteiger partial charge in [-0.3, -0.25) is 9.78 Å². The highest BCUT2D eigenvalue weighted by Gasteiger charge is 2.22. The number of carbonyl (C=O) groups excluding carboxylic acids is 1. The van der Waals surface area contributed by atoms with E-state index in [1.165, 1.54) is 18.6 Å². The average Bonchev–Trinajstić information content (AvgIpc) is 2.54. The van der Waals surface area contributed by atoms with Crippen molar-refractivity contribution in [1.82, 2.24) is 15.3 Å². The zero-order valence-electron chi connectivity index (χ0n) is 15.7. The largest absolute Gasteiger partial charge is 0.480 e. The van der Waals surface area contributed by atoms with Crippen LogP contribution in [0.2, 0.25) is 0 Å². The van der Waals surface area contributed by atoms with Crippen LogP contribution in [0.4, 0.5) is 0 Å². The molecule has 6 N–H and O–H groups in total. The van der Waals surface area contributed by atoms with Crippen LogP contribution in [0, 0.1) is 11.8 Å². The summed E-state index contributed by atoms with van der Waals surface area (Å²) in [6, 6.07) is -0.899. The number of nitrogens with zero attached hydrogens (tertiary/aromatic N) is 2. The van der Waals surface area contributed by atoms with Crippen LogP contribution in [-0.2, 0) is 4.79 Å². The van der Waals surface area contributed by atoms with Gasteiger partial charge in [-0.25, -0.2) is 9.78 Å². The van der Waals surface area contributed by atoms with Crippen LogP contribution < -0.4 is 11.1 Å². The second-order valence-corrected chi connectivity index (χ2v) is 6.79. The Morgan fingerprint density at radius 1 is 1.15 bits per heavy atom. The molecule has 0 aliphatic rings. The van der Waals surface area contributed by atoms with Crippen LogP contribution in [0.5, 0.6) is 0 Å². The van der Waals surface area contributed by atoms with Gasteiger partial charge in [-0.2, -0.15) is 0 Å². The molecule has 1 aromatic rings. The lowest BCUT2D eigenvalue weighted by Crippen LogP contribution is -2.41. The van der Waals surface area contributed by atoms with Crippen molar-refractivity contribution < 1.29 is 24.7 Å². The smallest absolute Gasteiger partial charge is 0.469 e. The molecule has 0 spiro atoms. The molecule has 26 heavy (non-hydrogen) atoms. The monoisotopic (exact) mass is 368 g/mol. The fourth-order valence-corrected chi connectivity index (χ4v) is 2.01. The fourth-order valence-electron chi connectivity index (χ4n) is 2.01. The van der Waals surface area contributed by atoms with Gasteiger partial charge in [0.1, 0.15) is 11.7 Å². The van der Waals surface area contributed by atoms with Crippen LogP contribution in [0.15, 0.2) is 18.6 Å². The Morgan fingerprint density at radius 2 is 1.73 bits per heavy atom. The highest BCUT2D eigenvalue weighted by atomic mass is 16.4. The highest BCUT2D eigenvalue weighted by Crippen LogP contribution is 2.06. The molecular weight excluding hydrogens is 339 g/mol. The first-order valence-corrected chi connectivity index (χ1v) is 8.45. The molecule has 0 aromatic carbocycles. The van der Waals surface area contributed by atoms with Gasteiger partial charge in [-0.05, 0) is 24.7 Å². The van der Waals surface area contributed by atoms with Gasteiger partial charge >= 0.3 is 13.1 Å². The van der Waals surface area contributed by atoms with Gasteiger partial charge in [-0.15, -0.1) is 0 Å². The van der Waals surface area contributed by atoms with Crippen molar-refractivity contribution in [3.05, 3.63) is 24.3 Å². The molecule has 0 saturated heterocycles. The molecule has 0 unspecified atom stereocenters. The minimum atomic E-state index is -1.37. The molecular formula is C16H29BN4O5. The summed E-state index contributed by atoms with van der Waals surface area (Å²) in [5, 5.41) is 28.4. The van der Waals surface area contributed by atoms with Crippen molar-refractivity contribution in [2.75, 3.05) is 0 Å². The first-order valence-electron chi connectivity index (χ1n) is 8.45. The second kappa shape index (κ2) is 12.3. The van der Waals surface area contributed by atoms with Gasteiger partial charge in [-0.1, -0.05) is 27.7 Å². The number of amides is 1. The van der Waals surface area contributed by atoms with Crippen molar-refractivity contribution >= 4 is 19.0 Å². The highest BCUT2D eigenvalue weighted by molar-refractivity contribution is 6.43. The van der Waals surface area contributed by atoms with E-state index in [0.29, 0.717) is 18.8 Å². The predicted molar refractivity (Wildman–Crippen MR) is 98.0 cm³/mol. The molecule has 1 rings (SSSR count). The van der Waals surface area contributed by atoms with Gasteiger partial charge in [0.25, 0.3) is 5.91 Å². The number of carbonyl (C=O) groups is 2. The first-order chi connectivity index (χ1) is 12.0. The van der Waals surface area contributed by atoms with E-state index < -0.39 is 31.0 Å². The van der Waals surface area contributed by atoms with Crippen LogP contribution >= 0.6 is 0 Å². The van der Waals surface area contributed by atoms with E-state index >= 15 is 0 Å². The standard InChI is InChI=1S/C11H15N3O3.C5H14BNO2/c1-7(2)5-8(11(16)17)14-10(15)9-6-12-3-4-13-9;1-4(2)3-5(7)6(8)9/h3-4,6-8H,5H2,1-2H3,(H,14,15)(H,16,17);4-5,8-9H,3,7H2,1-2H3/t8-;5-/m00/s1. The van der Waals surface area contributed by atoms with E-state index in [1.54, 1.807) is 0 Å². The summed E-state index contributed by atoms with van der Waals surface area (Å²) >= 11 is 0. The Bertz CT molecular complexity index is 543. The molecule has 0 fully saturated rings. The van der Waals surface area contributed by atoms with Gasteiger partial charge < -0.3 is 26.2 Å². The molecule has 2 atom stereocenters. The Kier molecular flexibility index (Phi) is 11.4. The van der Waals surface area contributed by atoms with Crippen molar-refractivity contribution in [3.63, 3.8) is 0 Å². The quantitative estimate of drug-likeness (QED) is 0.403. The lowest BCUT2D eigenvalue weighted by Gasteiger charge is -2.15. The summed E-state index contributed by atoms with van der Waals surface area (Å²) in [6.07, 6.45) is 5.15. The van der Waals surface area contributed by atoms with Crippen LogP contribution in [0.25, 0.3) is 0 Å². The number of hydrogen-bond acceptors (Lipinski definition) is 7. The molecule has 9 nitrogen and oxygen atoms in total. The third-order valence-corrected chi connectivity index (χ3v) is 3.23. The number of aromatic nitrogens is 2. The van der Waals surface area contributed by atoms with E-state index in [4.69, 9.17) is 20.9 Å². The number of nitrogens with two attached hydrogens (primary N) is 1. The maximum Gasteiger partial charge on any atom is 0.469 e. The summed E-state index contributed by atoms with van der Waals surface area (Å²) in [5.41, 5.74) is 5.43. The molecule has 1 amide bonds. The minimum absolute atomic E-state index is 0.113. The first kappa shape index (κ1) is 24.0. The van der Waals surface area contributed by atoms with Crippen LogP contribution in [0.1, 0.15) is 51.0 Å². The average molecular weight is 368 g/mol. The normalized spacial score (nSPS) is 12.8. The maximum atomic E-state index is 11.7. The molecule has 0 radical (unpaired) electrons. The number of rotatable bonds is 8. The van der Waals surface area contributed by atoms with Gasteiger partial charge in [0.2, 0.25) is 0 Å². The summed E-state index contributed by atoms with van der Waals surface area (Å²) in [6.45, 7) is 7.76. The van der Waals surface area contributed by atoms with E-state index in [9.17, 15) is 9.59 Å². The third-order valence-electron chi connectivity index (χ3n) is 3.23. The van der Waals surface area contributed by atoms with E-state index in [-0.39, 0.29) is 11.6 Å². The van der Waals surface area contributed by atoms with Gasteiger partial charge in [0, 0.05) is 18.3 Å². The zero-order chi connectivity index (χ0) is 20.3. The summed E-state index contributed by atoms with van der Waals surface area (Å²) in [7, 11) is -1.37. The molecule has 0 aliphatic carbocycles. The number of nitrogens with one attached hydrogen (secondary N) is 1. The number of carboxylic acid groups (broad SMARTS) is 1. The number of hydrogen-bond donors (Lipinski definition) is 5. The number of aliphatic carboxylic acids is 1. The van der Waals surface area contributed by atoms with Gasteiger partial charge in [0.15, 0.2) is 0 Å². The zero-order valence-corrected chi connectivity index (χ0v) is 15.7. The lowest BCUT2D eigenvalue weighted by atomic mass is 9.76. The van der Waals surface area contributed by atoms with Crippen molar-refractivity contribution in [2.24, 2.45) is 17.6 Å². The number of carboxylic acids is 1. The second-order valence-electron chi connectivity index (χ2n) is 6.79. The summed E-state index contributed by atoms with van der Waals surface area (Å²) < 4.78 is 0. The van der Waals surface area contributed by atoms with Crippen molar-refractivity contribution in [1.29, 1.82) is 0 Å². The SMILES string of the molecule is CC(C)C[C@H](N)B(O)O.CC(C)C[C@H](NC(=O)c1cnccn1)C(=O)O. The molecule has 0 bridgehead atoms. The Morgan fingerprint density at radius 3 is 2.08 bits per heavy atom. The molecule has 0 saturated carbocycles.